The fourth-order valence-electron chi connectivity index (χ4n) is 3.96. The predicted molar refractivity (Wildman–Crippen MR) is 106 cm³/mol. The average Bonchev–Trinajstić information content (AvgIpc) is 2.70. The standard InChI is InChI=1S/C19H27N7/c1-15-6-3-5-9-26(15)19-17(20)18(22-14-23-19)25-12-10-24(11-13-25)16-7-2-4-8-21-16/h2,4,7-8,14-15H,3,5-6,9-13,20H2,1H3. The zero-order chi connectivity index (χ0) is 17.9. The molecule has 138 valence electrons. The zero-order valence-corrected chi connectivity index (χ0v) is 15.4. The number of anilines is 4. The fourth-order valence-corrected chi connectivity index (χ4v) is 3.96. The lowest BCUT2D eigenvalue weighted by atomic mass is 10.0. The van der Waals surface area contributed by atoms with Gasteiger partial charge >= 0.3 is 0 Å². The molecule has 2 saturated heterocycles. The van der Waals surface area contributed by atoms with Crippen molar-refractivity contribution >= 4 is 23.1 Å². The van der Waals surface area contributed by atoms with Crippen molar-refractivity contribution in [3.8, 4) is 0 Å². The molecule has 7 nitrogen and oxygen atoms in total. The minimum atomic E-state index is 0.481. The van der Waals surface area contributed by atoms with Crippen LogP contribution in [0.15, 0.2) is 30.7 Å². The minimum absolute atomic E-state index is 0.481. The number of hydrogen-bond donors (Lipinski definition) is 1. The van der Waals surface area contributed by atoms with E-state index in [1.165, 1.54) is 19.3 Å². The van der Waals surface area contributed by atoms with Gasteiger partial charge < -0.3 is 20.4 Å². The fraction of sp³-hybridized carbons (Fsp3) is 0.526. The first-order valence-corrected chi connectivity index (χ1v) is 9.52. The normalized spacial score (nSPS) is 21.1. The maximum absolute atomic E-state index is 6.52. The summed E-state index contributed by atoms with van der Waals surface area (Å²) in [4.78, 5) is 20.4. The van der Waals surface area contributed by atoms with E-state index in [1.807, 2.05) is 18.3 Å². The van der Waals surface area contributed by atoms with Crippen LogP contribution >= 0.6 is 0 Å². The van der Waals surface area contributed by atoms with Gasteiger partial charge in [0.05, 0.1) is 0 Å². The molecule has 26 heavy (non-hydrogen) atoms. The number of rotatable bonds is 3. The summed E-state index contributed by atoms with van der Waals surface area (Å²) in [6, 6.07) is 6.52. The Morgan fingerprint density at radius 3 is 2.42 bits per heavy atom. The van der Waals surface area contributed by atoms with Crippen molar-refractivity contribution in [3.05, 3.63) is 30.7 Å². The summed E-state index contributed by atoms with van der Waals surface area (Å²) in [6.07, 6.45) is 7.18. The number of piperazine rings is 1. The quantitative estimate of drug-likeness (QED) is 0.906. The van der Waals surface area contributed by atoms with Crippen LogP contribution in [0.2, 0.25) is 0 Å². The van der Waals surface area contributed by atoms with E-state index in [2.05, 4.69) is 42.6 Å². The van der Waals surface area contributed by atoms with Gasteiger partial charge in [0.15, 0.2) is 11.6 Å². The molecule has 2 fully saturated rings. The summed E-state index contributed by atoms with van der Waals surface area (Å²) < 4.78 is 0. The molecular weight excluding hydrogens is 326 g/mol. The SMILES string of the molecule is CC1CCCCN1c1ncnc(N2CCN(c3ccccn3)CC2)c1N. The Labute approximate surface area is 154 Å². The lowest BCUT2D eigenvalue weighted by molar-refractivity contribution is 0.481. The highest BCUT2D eigenvalue weighted by Gasteiger charge is 2.26. The van der Waals surface area contributed by atoms with Gasteiger partial charge in [-0.15, -0.1) is 0 Å². The molecule has 0 aliphatic carbocycles. The van der Waals surface area contributed by atoms with Crippen LogP contribution in [0.4, 0.5) is 23.1 Å². The van der Waals surface area contributed by atoms with Gasteiger partial charge in [0.1, 0.15) is 17.8 Å². The Balaban J connectivity index is 1.49. The van der Waals surface area contributed by atoms with Crippen molar-refractivity contribution in [1.82, 2.24) is 15.0 Å². The number of piperidine rings is 1. The van der Waals surface area contributed by atoms with Gasteiger partial charge in [0.25, 0.3) is 0 Å². The molecule has 1 unspecified atom stereocenters. The van der Waals surface area contributed by atoms with Crippen LogP contribution in [0.1, 0.15) is 26.2 Å². The van der Waals surface area contributed by atoms with Gasteiger partial charge in [-0.05, 0) is 38.3 Å². The minimum Gasteiger partial charge on any atom is -0.393 e. The summed E-state index contributed by atoms with van der Waals surface area (Å²) in [7, 11) is 0. The average molecular weight is 353 g/mol. The third-order valence-electron chi connectivity index (χ3n) is 5.47. The van der Waals surface area contributed by atoms with Gasteiger partial charge in [-0.2, -0.15) is 0 Å². The number of aromatic nitrogens is 3. The van der Waals surface area contributed by atoms with Crippen LogP contribution in [-0.4, -0.2) is 53.7 Å². The monoisotopic (exact) mass is 353 g/mol. The second-order valence-electron chi connectivity index (χ2n) is 7.13. The van der Waals surface area contributed by atoms with Crippen molar-refractivity contribution in [2.24, 2.45) is 0 Å². The van der Waals surface area contributed by atoms with Gasteiger partial charge in [-0.1, -0.05) is 6.07 Å². The van der Waals surface area contributed by atoms with E-state index in [0.717, 1.165) is 50.2 Å². The molecule has 7 heteroatoms. The third kappa shape index (κ3) is 3.25. The Morgan fingerprint density at radius 1 is 0.923 bits per heavy atom. The van der Waals surface area contributed by atoms with Gasteiger partial charge in [0, 0.05) is 45.0 Å². The predicted octanol–water partition coefficient (Wildman–Crippen LogP) is 2.16. The third-order valence-corrected chi connectivity index (χ3v) is 5.47. The van der Waals surface area contributed by atoms with Crippen molar-refractivity contribution in [1.29, 1.82) is 0 Å². The summed E-state index contributed by atoms with van der Waals surface area (Å²) in [5.41, 5.74) is 7.23. The Kier molecular flexibility index (Phi) is 4.77. The first kappa shape index (κ1) is 16.9. The molecule has 4 heterocycles. The lowest BCUT2D eigenvalue weighted by Gasteiger charge is -2.38. The number of pyridine rings is 1. The number of hydrogen-bond acceptors (Lipinski definition) is 7. The van der Waals surface area contributed by atoms with Crippen LogP contribution < -0.4 is 20.4 Å². The van der Waals surface area contributed by atoms with Gasteiger partial charge in [-0.25, -0.2) is 15.0 Å². The Hall–Kier alpha value is -2.57. The molecule has 0 aromatic carbocycles. The maximum atomic E-state index is 6.52. The lowest BCUT2D eigenvalue weighted by Crippen LogP contribution is -2.47. The van der Waals surface area contributed by atoms with E-state index in [9.17, 15) is 0 Å². The molecule has 2 aliphatic rings. The molecule has 1 atom stereocenters. The molecule has 2 aromatic heterocycles. The highest BCUT2D eigenvalue weighted by Crippen LogP contribution is 2.33. The second-order valence-corrected chi connectivity index (χ2v) is 7.13. The Morgan fingerprint density at radius 2 is 1.69 bits per heavy atom. The van der Waals surface area contributed by atoms with Crippen molar-refractivity contribution in [3.63, 3.8) is 0 Å². The highest BCUT2D eigenvalue weighted by molar-refractivity contribution is 5.76. The smallest absolute Gasteiger partial charge is 0.157 e. The molecule has 0 saturated carbocycles. The summed E-state index contributed by atoms with van der Waals surface area (Å²) in [5, 5.41) is 0. The molecule has 2 N–H and O–H groups in total. The van der Waals surface area contributed by atoms with Crippen molar-refractivity contribution < 1.29 is 0 Å². The van der Waals surface area contributed by atoms with Gasteiger partial charge in [0.2, 0.25) is 0 Å². The molecule has 4 rings (SSSR count). The van der Waals surface area contributed by atoms with Crippen LogP contribution in [0, 0.1) is 0 Å². The number of nitrogens with two attached hydrogens (primary N) is 1. The van der Waals surface area contributed by atoms with Crippen molar-refractivity contribution in [2.75, 3.05) is 53.2 Å². The largest absolute Gasteiger partial charge is 0.393 e. The highest BCUT2D eigenvalue weighted by atomic mass is 15.3. The molecule has 2 aliphatic heterocycles. The molecule has 2 aromatic rings. The molecule has 0 radical (unpaired) electrons. The van der Waals surface area contributed by atoms with Crippen LogP contribution in [-0.2, 0) is 0 Å². The summed E-state index contributed by atoms with van der Waals surface area (Å²) >= 11 is 0. The number of nitrogens with zero attached hydrogens (tertiary/aromatic N) is 6. The first-order valence-electron chi connectivity index (χ1n) is 9.52. The van der Waals surface area contributed by atoms with E-state index in [1.54, 1.807) is 6.33 Å². The van der Waals surface area contributed by atoms with E-state index >= 15 is 0 Å². The number of nitrogen functional groups attached to an aromatic ring is 1. The molecule has 0 amide bonds. The van der Waals surface area contributed by atoms with Crippen LogP contribution in [0.25, 0.3) is 0 Å². The van der Waals surface area contributed by atoms with Crippen LogP contribution in [0.3, 0.4) is 0 Å². The first-order chi connectivity index (χ1) is 12.7. The molecular formula is C19H27N7. The summed E-state index contributed by atoms with van der Waals surface area (Å²) in [6.45, 7) is 6.87. The molecule has 0 bridgehead atoms. The van der Waals surface area contributed by atoms with E-state index in [4.69, 9.17) is 5.73 Å². The van der Waals surface area contributed by atoms with E-state index < -0.39 is 0 Å². The van der Waals surface area contributed by atoms with E-state index in [0.29, 0.717) is 11.7 Å². The van der Waals surface area contributed by atoms with Gasteiger partial charge in [-0.3, -0.25) is 0 Å². The van der Waals surface area contributed by atoms with Crippen LogP contribution in [0.5, 0.6) is 0 Å². The summed E-state index contributed by atoms with van der Waals surface area (Å²) in [5.74, 6) is 2.80. The molecule has 0 spiro atoms. The topological polar surface area (TPSA) is 74.4 Å². The Bertz CT molecular complexity index is 728. The van der Waals surface area contributed by atoms with E-state index in [-0.39, 0.29) is 0 Å². The second kappa shape index (κ2) is 7.35. The van der Waals surface area contributed by atoms with Crippen molar-refractivity contribution in [2.45, 2.75) is 32.2 Å². The maximum Gasteiger partial charge on any atom is 0.157 e. The zero-order valence-electron chi connectivity index (χ0n) is 15.4.